The molecule has 0 radical (unpaired) electrons. The Kier molecular flexibility index (Phi) is 2.51. The third-order valence-electron chi connectivity index (χ3n) is 3.89. The first kappa shape index (κ1) is 11.5. The second-order valence-electron chi connectivity index (χ2n) is 5.12. The van der Waals surface area contributed by atoms with E-state index in [1.807, 2.05) is 22.9 Å². The van der Waals surface area contributed by atoms with E-state index in [4.69, 9.17) is 4.74 Å². The third-order valence-corrected chi connectivity index (χ3v) is 3.89. The molecule has 1 saturated heterocycles. The van der Waals surface area contributed by atoms with E-state index in [1.54, 1.807) is 0 Å². The zero-order chi connectivity index (χ0) is 13.5. The lowest BCUT2D eigenvalue weighted by Crippen LogP contribution is -2.19. The summed E-state index contributed by atoms with van der Waals surface area (Å²) in [5, 5.41) is 14.8. The molecule has 5 nitrogen and oxygen atoms in total. The van der Waals surface area contributed by atoms with Crippen molar-refractivity contribution in [2.75, 3.05) is 6.61 Å². The highest BCUT2D eigenvalue weighted by molar-refractivity contribution is 6.06. The monoisotopic (exact) mass is 266 g/mol. The number of hydrogen-bond donors (Lipinski definition) is 1. The van der Waals surface area contributed by atoms with Crippen LogP contribution in [0.25, 0.3) is 21.9 Å². The molecule has 1 aromatic carbocycles. The van der Waals surface area contributed by atoms with Crippen LogP contribution in [0.4, 0.5) is 0 Å². The van der Waals surface area contributed by atoms with Crippen molar-refractivity contribution in [3.63, 3.8) is 0 Å². The molecule has 0 bridgehead atoms. The smallest absolute Gasteiger partial charge is 0.186 e. The van der Waals surface area contributed by atoms with Crippen LogP contribution in [0.2, 0.25) is 0 Å². The van der Waals surface area contributed by atoms with Gasteiger partial charge in [-0.3, -0.25) is 0 Å². The van der Waals surface area contributed by atoms with Crippen molar-refractivity contribution in [2.45, 2.75) is 25.5 Å². The Bertz CT molecular complexity index is 817. The van der Waals surface area contributed by atoms with E-state index in [9.17, 15) is 5.26 Å². The molecule has 1 aliphatic heterocycles. The maximum Gasteiger partial charge on any atom is 0.186 e. The Hall–Kier alpha value is -2.32. The average molecular weight is 266 g/mol. The van der Waals surface area contributed by atoms with Gasteiger partial charge in [0.25, 0.3) is 0 Å². The number of nitrogens with one attached hydrogen (secondary N) is 1. The maximum atomic E-state index is 9.29. The van der Waals surface area contributed by atoms with Crippen LogP contribution in [0.5, 0.6) is 0 Å². The SMILES string of the molecule is N#Cc1nn(C2CCCCO2)c2c1[nH]c1ccccc12. The highest BCUT2D eigenvalue weighted by Crippen LogP contribution is 2.32. The minimum Gasteiger partial charge on any atom is -0.356 e. The van der Waals surface area contributed by atoms with Crippen molar-refractivity contribution in [1.29, 1.82) is 5.26 Å². The fraction of sp³-hybridized carbons (Fsp3) is 0.333. The van der Waals surface area contributed by atoms with Crippen LogP contribution in [-0.2, 0) is 4.74 Å². The lowest BCUT2D eigenvalue weighted by Gasteiger charge is -2.23. The van der Waals surface area contributed by atoms with E-state index in [0.29, 0.717) is 5.69 Å². The highest BCUT2D eigenvalue weighted by atomic mass is 16.5. The van der Waals surface area contributed by atoms with Crippen LogP contribution in [0.15, 0.2) is 24.3 Å². The van der Waals surface area contributed by atoms with Crippen LogP contribution in [0.1, 0.15) is 31.2 Å². The van der Waals surface area contributed by atoms with E-state index in [1.165, 1.54) is 0 Å². The quantitative estimate of drug-likeness (QED) is 0.736. The van der Waals surface area contributed by atoms with Crippen molar-refractivity contribution in [1.82, 2.24) is 14.8 Å². The van der Waals surface area contributed by atoms with Crippen LogP contribution in [0, 0.1) is 11.3 Å². The number of rotatable bonds is 1. The van der Waals surface area contributed by atoms with Crippen LogP contribution in [0.3, 0.4) is 0 Å². The van der Waals surface area contributed by atoms with Gasteiger partial charge < -0.3 is 9.72 Å². The minimum atomic E-state index is -0.0624. The average Bonchev–Trinajstić information content (AvgIpc) is 3.05. The molecule has 1 fully saturated rings. The summed E-state index contributed by atoms with van der Waals surface area (Å²) in [7, 11) is 0. The summed E-state index contributed by atoms with van der Waals surface area (Å²) in [6, 6.07) is 10.2. The largest absolute Gasteiger partial charge is 0.356 e. The Morgan fingerprint density at radius 2 is 2.25 bits per heavy atom. The van der Waals surface area contributed by atoms with Crippen molar-refractivity contribution in [3.8, 4) is 6.07 Å². The van der Waals surface area contributed by atoms with E-state index < -0.39 is 0 Å². The number of aromatic amines is 1. The lowest BCUT2D eigenvalue weighted by atomic mass is 10.2. The number of nitriles is 1. The van der Waals surface area contributed by atoms with Crippen molar-refractivity contribution in [3.05, 3.63) is 30.0 Å². The molecule has 2 aromatic heterocycles. The maximum absolute atomic E-state index is 9.29. The van der Waals surface area contributed by atoms with Gasteiger partial charge >= 0.3 is 0 Å². The van der Waals surface area contributed by atoms with Gasteiger partial charge in [0.05, 0.1) is 5.52 Å². The molecule has 1 N–H and O–H groups in total. The van der Waals surface area contributed by atoms with Gasteiger partial charge in [-0.1, -0.05) is 18.2 Å². The van der Waals surface area contributed by atoms with Gasteiger partial charge in [0.15, 0.2) is 11.9 Å². The number of hydrogen-bond acceptors (Lipinski definition) is 3. The predicted octanol–water partition coefficient (Wildman–Crippen LogP) is 3.09. The van der Waals surface area contributed by atoms with Gasteiger partial charge in [-0.25, -0.2) is 4.68 Å². The van der Waals surface area contributed by atoms with E-state index >= 15 is 0 Å². The molecular weight excluding hydrogens is 252 g/mol. The summed E-state index contributed by atoms with van der Waals surface area (Å²) in [4.78, 5) is 3.30. The molecular formula is C15H14N4O. The molecule has 4 rings (SSSR count). The molecule has 0 saturated carbocycles. The second-order valence-corrected chi connectivity index (χ2v) is 5.12. The molecule has 1 atom stereocenters. The summed E-state index contributed by atoms with van der Waals surface area (Å²) in [5.41, 5.74) is 3.25. The summed E-state index contributed by atoms with van der Waals surface area (Å²) >= 11 is 0. The van der Waals surface area contributed by atoms with E-state index in [-0.39, 0.29) is 6.23 Å². The first-order valence-electron chi connectivity index (χ1n) is 6.89. The van der Waals surface area contributed by atoms with Crippen LogP contribution in [-0.4, -0.2) is 21.4 Å². The summed E-state index contributed by atoms with van der Waals surface area (Å²) in [6.07, 6.45) is 3.12. The molecule has 5 heteroatoms. The zero-order valence-corrected chi connectivity index (χ0v) is 11.0. The number of benzene rings is 1. The molecule has 100 valence electrons. The molecule has 20 heavy (non-hydrogen) atoms. The topological polar surface area (TPSA) is 66.6 Å². The first-order chi connectivity index (χ1) is 9.88. The summed E-state index contributed by atoms with van der Waals surface area (Å²) < 4.78 is 7.71. The van der Waals surface area contributed by atoms with Crippen molar-refractivity contribution >= 4 is 21.9 Å². The zero-order valence-electron chi connectivity index (χ0n) is 11.0. The Balaban J connectivity index is 2.01. The van der Waals surface area contributed by atoms with Gasteiger partial charge in [0.2, 0.25) is 0 Å². The number of ether oxygens (including phenoxy) is 1. The molecule has 1 unspecified atom stereocenters. The highest BCUT2D eigenvalue weighted by Gasteiger charge is 2.23. The van der Waals surface area contributed by atoms with Crippen molar-refractivity contribution < 1.29 is 4.74 Å². The van der Waals surface area contributed by atoms with Crippen molar-refractivity contribution in [2.24, 2.45) is 0 Å². The van der Waals surface area contributed by atoms with Gasteiger partial charge in [-0.2, -0.15) is 10.4 Å². The number of H-pyrrole nitrogens is 1. The van der Waals surface area contributed by atoms with Gasteiger partial charge in [-0.05, 0) is 25.3 Å². The third kappa shape index (κ3) is 1.55. The first-order valence-corrected chi connectivity index (χ1v) is 6.89. The lowest BCUT2D eigenvalue weighted by molar-refractivity contribution is -0.0366. The fourth-order valence-corrected chi connectivity index (χ4v) is 2.95. The second kappa shape index (κ2) is 4.36. The van der Waals surface area contributed by atoms with Gasteiger partial charge in [-0.15, -0.1) is 0 Å². The molecule has 3 heterocycles. The number of aromatic nitrogens is 3. The fourth-order valence-electron chi connectivity index (χ4n) is 2.95. The molecule has 3 aromatic rings. The number of nitrogens with zero attached hydrogens (tertiary/aromatic N) is 3. The molecule has 1 aliphatic rings. The Morgan fingerprint density at radius 1 is 1.35 bits per heavy atom. The van der Waals surface area contributed by atoms with E-state index in [2.05, 4.69) is 22.2 Å². The van der Waals surface area contributed by atoms with Gasteiger partial charge in [0.1, 0.15) is 11.6 Å². The normalized spacial score (nSPS) is 19.4. The number of para-hydroxylation sites is 1. The molecule has 0 amide bonds. The number of fused-ring (bicyclic) bond motifs is 3. The summed E-state index contributed by atoms with van der Waals surface area (Å²) in [5.74, 6) is 0. The predicted molar refractivity (Wildman–Crippen MR) is 75.1 cm³/mol. The van der Waals surface area contributed by atoms with E-state index in [0.717, 1.165) is 47.8 Å². The standard InChI is InChI=1S/C15H14N4O/c16-9-12-14-15(10-5-1-2-6-11(10)17-14)19(18-12)13-7-3-4-8-20-13/h1-2,5-6,13,17H,3-4,7-8H2. The summed E-state index contributed by atoms with van der Waals surface area (Å²) in [6.45, 7) is 0.760. The molecule has 0 spiro atoms. The van der Waals surface area contributed by atoms with Crippen LogP contribution >= 0.6 is 0 Å². The minimum absolute atomic E-state index is 0.0624. The van der Waals surface area contributed by atoms with Crippen LogP contribution < -0.4 is 0 Å². The Labute approximate surface area is 115 Å². The van der Waals surface area contributed by atoms with Gasteiger partial charge in [0, 0.05) is 17.5 Å². The molecule has 0 aliphatic carbocycles. The Morgan fingerprint density at radius 3 is 3.05 bits per heavy atom.